The third-order valence-electron chi connectivity index (χ3n) is 8.83. The highest BCUT2D eigenvalue weighted by Crippen LogP contribution is 2.41. The Hall–Kier alpha value is -2.20. The van der Waals surface area contributed by atoms with E-state index in [1.54, 1.807) is 0 Å². The smallest absolute Gasteiger partial charge is 0.0811 e. The number of ether oxygens (including phenoxy) is 1. The second-order valence-corrected chi connectivity index (χ2v) is 14.9. The molecule has 228 valence electrons. The van der Waals surface area contributed by atoms with Gasteiger partial charge in [-0.05, 0) is 145 Å². The van der Waals surface area contributed by atoms with Gasteiger partial charge in [0.1, 0.15) is 0 Å². The van der Waals surface area contributed by atoms with Gasteiger partial charge < -0.3 is 4.74 Å². The maximum Gasteiger partial charge on any atom is 0.0811 e. The molecule has 0 saturated heterocycles. The number of hydrogen-bond donors (Lipinski definition) is 0. The van der Waals surface area contributed by atoms with E-state index in [4.69, 9.17) is 4.74 Å². The molecule has 0 heterocycles. The predicted molar refractivity (Wildman–Crippen MR) is 193 cm³/mol. The molecule has 2 unspecified atom stereocenters. The average Bonchev–Trinajstić information content (AvgIpc) is 2.94. The van der Waals surface area contributed by atoms with Crippen LogP contribution in [0.1, 0.15) is 98.3 Å². The fourth-order valence-electron chi connectivity index (χ4n) is 6.19. The molecule has 0 aliphatic carbocycles. The van der Waals surface area contributed by atoms with Crippen LogP contribution in [0.4, 0.5) is 0 Å². The maximum atomic E-state index is 6.96. The molecule has 0 aromatic heterocycles. The molecule has 0 aliphatic heterocycles. The van der Waals surface area contributed by atoms with Crippen LogP contribution in [0.15, 0.2) is 69.6 Å². The molecule has 0 aliphatic rings. The predicted octanol–water partition coefficient (Wildman–Crippen LogP) is 13.0. The maximum absolute atomic E-state index is 6.96. The Labute approximate surface area is 277 Å². The van der Waals surface area contributed by atoms with Crippen molar-refractivity contribution in [1.82, 2.24) is 0 Å². The largest absolute Gasteiger partial charge is 0.366 e. The molecule has 2 atom stereocenters. The lowest BCUT2D eigenvalue weighted by Gasteiger charge is -2.26. The second kappa shape index (κ2) is 14.3. The van der Waals surface area contributed by atoms with Crippen molar-refractivity contribution in [3.63, 3.8) is 0 Å². The normalized spacial score (nSPS) is 13.2. The lowest BCUT2D eigenvalue weighted by Crippen LogP contribution is -2.09. The van der Waals surface area contributed by atoms with Crippen LogP contribution < -0.4 is 0 Å². The minimum Gasteiger partial charge on any atom is -0.366 e. The van der Waals surface area contributed by atoms with Gasteiger partial charge in [0.2, 0.25) is 0 Å². The van der Waals surface area contributed by atoms with E-state index in [9.17, 15) is 0 Å². The molecule has 4 rings (SSSR count). The number of halogens is 2. The zero-order valence-corrected chi connectivity index (χ0v) is 30.8. The molecule has 0 N–H and O–H groups in total. The molecule has 4 aromatic carbocycles. The van der Waals surface area contributed by atoms with Crippen molar-refractivity contribution >= 4 is 31.9 Å². The van der Waals surface area contributed by atoms with Crippen LogP contribution in [0.2, 0.25) is 0 Å². The van der Waals surface area contributed by atoms with Gasteiger partial charge in [-0.3, -0.25) is 0 Å². The summed E-state index contributed by atoms with van der Waals surface area (Å²) in [6.07, 6.45) is 1.95. The number of benzene rings is 4. The van der Waals surface area contributed by atoms with Gasteiger partial charge in [0.05, 0.1) is 12.2 Å². The summed E-state index contributed by atoms with van der Waals surface area (Å²) in [5.74, 6) is 1.20. The van der Waals surface area contributed by atoms with Crippen LogP contribution in [0.25, 0.3) is 22.3 Å². The van der Waals surface area contributed by atoms with Crippen molar-refractivity contribution < 1.29 is 4.74 Å². The molecule has 4 aromatic rings. The van der Waals surface area contributed by atoms with Crippen LogP contribution in [0.5, 0.6) is 0 Å². The van der Waals surface area contributed by atoms with Gasteiger partial charge in [-0.2, -0.15) is 0 Å². The third kappa shape index (κ3) is 7.72. The van der Waals surface area contributed by atoms with E-state index in [1.807, 2.05) is 0 Å². The number of rotatable bonds is 10. The van der Waals surface area contributed by atoms with Gasteiger partial charge in [0.15, 0.2) is 0 Å². The molecular weight excluding hydrogens is 656 g/mol. The van der Waals surface area contributed by atoms with E-state index >= 15 is 0 Å². The van der Waals surface area contributed by atoms with E-state index in [2.05, 4.69) is 162 Å². The second-order valence-electron chi connectivity index (χ2n) is 13.1. The highest BCUT2D eigenvalue weighted by Gasteiger charge is 2.22. The molecule has 0 radical (unpaired) electrons. The first-order valence-electron chi connectivity index (χ1n) is 15.7. The van der Waals surface area contributed by atoms with E-state index in [0.717, 1.165) is 21.8 Å². The summed E-state index contributed by atoms with van der Waals surface area (Å²) in [6, 6.07) is 22.9. The summed E-state index contributed by atoms with van der Waals surface area (Å²) in [4.78, 5) is 0. The third-order valence-corrected chi connectivity index (χ3v) is 10.5. The van der Waals surface area contributed by atoms with Crippen LogP contribution in [0.3, 0.4) is 0 Å². The van der Waals surface area contributed by atoms with Gasteiger partial charge in [0.25, 0.3) is 0 Å². The molecule has 0 fully saturated rings. The summed E-state index contributed by atoms with van der Waals surface area (Å²) in [7, 11) is 0. The van der Waals surface area contributed by atoms with Crippen molar-refractivity contribution in [2.45, 2.75) is 94.3 Å². The Kier molecular flexibility index (Phi) is 11.2. The zero-order chi connectivity index (χ0) is 31.6. The van der Waals surface area contributed by atoms with Gasteiger partial charge in [-0.1, -0.05) is 108 Å². The topological polar surface area (TPSA) is 9.23 Å². The average molecular weight is 705 g/mol. The molecule has 0 saturated carbocycles. The Balaban J connectivity index is 1.77. The Morgan fingerprint density at radius 1 is 0.488 bits per heavy atom. The quantitative estimate of drug-likeness (QED) is 0.160. The van der Waals surface area contributed by atoms with Crippen LogP contribution in [-0.4, -0.2) is 0 Å². The molecule has 0 spiro atoms. The number of hydrogen-bond acceptors (Lipinski definition) is 1. The van der Waals surface area contributed by atoms with Gasteiger partial charge in [-0.15, -0.1) is 0 Å². The Bertz CT molecular complexity index is 1480. The molecular formula is C40H48Br2O. The first kappa shape index (κ1) is 33.7. The first-order chi connectivity index (χ1) is 20.3. The fourth-order valence-corrected chi connectivity index (χ4v) is 7.05. The summed E-state index contributed by atoms with van der Waals surface area (Å²) in [5, 5.41) is 0. The highest BCUT2D eigenvalue weighted by atomic mass is 79.9. The van der Waals surface area contributed by atoms with Crippen molar-refractivity contribution in [3.8, 4) is 22.3 Å². The highest BCUT2D eigenvalue weighted by molar-refractivity contribution is 9.10. The van der Waals surface area contributed by atoms with Crippen LogP contribution in [-0.2, 0) is 17.6 Å². The van der Waals surface area contributed by atoms with Crippen molar-refractivity contribution in [2.75, 3.05) is 0 Å². The van der Waals surface area contributed by atoms with E-state index in [1.165, 1.54) is 66.8 Å². The lowest BCUT2D eigenvalue weighted by atomic mass is 9.88. The summed E-state index contributed by atoms with van der Waals surface area (Å²) < 4.78 is 9.26. The molecule has 3 heteroatoms. The fraction of sp³-hybridized carbons (Fsp3) is 0.400. The van der Waals surface area contributed by atoms with Gasteiger partial charge >= 0.3 is 0 Å². The monoisotopic (exact) mass is 702 g/mol. The van der Waals surface area contributed by atoms with E-state index in [0.29, 0.717) is 11.8 Å². The van der Waals surface area contributed by atoms with Crippen molar-refractivity contribution in [1.29, 1.82) is 0 Å². The molecule has 1 nitrogen and oxygen atoms in total. The van der Waals surface area contributed by atoms with Crippen LogP contribution >= 0.6 is 31.9 Å². The Morgan fingerprint density at radius 3 is 1.21 bits per heavy atom. The SMILES string of the molecule is Cc1c(Br)ccc(-c2cc(CC(C)C)ccc2C(C)OC(C)c2ccc(CC(C)C)cc2-c2ccc(Br)c(C)c2C)c1C. The molecule has 0 bridgehead atoms. The van der Waals surface area contributed by atoms with E-state index < -0.39 is 0 Å². The van der Waals surface area contributed by atoms with E-state index in [-0.39, 0.29) is 12.2 Å². The molecule has 43 heavy (non-hydrogen) atoms. The summed E-state index contributed by atoms with van der Waals surface area (Å²) >= 11 is 7.47. The minimum atomic E-state index is -0.0857. The zero-order valence-electron chi connectivity index (χ0n) is 27.7. The summed E-state index contributed by atoms with van der Waals surface area (Å²) in [6.45, 7) is 22.4. The Morgan fingerprint density at radius 2 is 0.860 bits per heavy atom. The minimum absolute atomic E-state index is 0.0857. The van der Waals surface area contributed by atoms with Gasteiger partial charge in [0, 0.05) is 8.95 Å². The van der Waals surface area contributed by atoms with Crippen molar-refractivity contribution in [3.05, 3.63) is 114 Å². The summed E-state index contributed by atoms with van der Waals surface area (Å²) in [5.41, 5.74) is 15.5. The van der Waals surface area contributed by atoms with Crippen molar-refractivity contribution in [2.24, 2.45) is 11.8 Å². The first-order valence-corrected chi connectivity index (χ1v) is 17.3. The van der Waals surface area contributed by atoms with Crippen LogP contribution in [0, 0.1) is 39.5 Å². The standard InChI is InChI=1S/C40H48Br2O/c1-23(2)19-31-11-13-35(37(21-31)33-15-17-39(41)27(7)25(33)5)29(9)43-30(10)36-14-12-32(20-24(3)4)22-38(36)34-16-18-40(42)28(8)26(34)6/h11-18,21-24,29-30H,19-20H2,1-10H3. The van der Waals surface area contributed by atoms with Gasteiger partial charge in [-0.25, -0.2) is 0 Å². The lowest BCUT2D eigenvalue weighted by molar-refractivity contribution is 0.00645. The molecule has 0 amide bonds.